The summed E-state index contributed by atoms with van der Waals surface area (Å²) in [5, 5.41) is 1.10. The molecular weight excluding hydrogens is 519 g/mol. The first kappa shape index (κ1) is 30.7. The van der Waals surface area contributed by atoms with Crippen molar-refractivity contribution in [2.24, 2.45) is 11.8 Å². The van der Waals surface area contributed by atoms with Gasteiger partial charge in [0.2, 0.25) is 0 Å². The van der Waals surface area contributed by atoms with Gasteiger partial charge in [-0.15, -0.1) is 0 Å². The predicted molar refractivity (Wildman–Crippen MR) is 170 cm³/mol. The Kier molecular flexibility index (Phi) is 10.0. The molecule has 0 heterocycles. The number of hydrogen-bond donors (Lipinski definition) is 1. The van der Waals surface area contributed by atoms with E-state index in [1.807, 2.05) is 0 Å². The smallest absolute Gasteiger partial charge is 0.275 e. The summed E-state index contributed by atoms with van der Waals surface area (Å²) in [5.74, 6) is 1.17. The van der Waals surface area contributed by atoms with E-state index < -0.39 is 14.6 Å². The molecule has 2 fully saturated rings. The first-order valence-electron chi connectivity index (χ1n) is 15.5. The van der Waals surface area contributed by atoms with Gasteiger partial charge in [0.15, 0.2) is 0 Å². The molecule has 1 atom stereocenters. The van der Waals surface area contributed by atoms with Gasteiger partial charge in [-0.05, 0) is 88.4 Å². The lowest BCUT2D eigenvalue weighted by atomic mass is 9.76. The Balaban J connectivity index is 1.95. The van der Waals surface area contributed by atoms with Crippen molar-refractivity contribution in [1.29, 1.82) is 0 Å². The van der Waals surface area contributed by atoms with E-state index in [0.29, 0.717) is 17.8 Å². The molecule has 3 nitrogen and oxygen atoms in total. The second kappa shape index (κ2) is 12.7. The minimum Gasteiger partial charge on any atom is -0.285 e. The van der Waals surface area contributed by atoms with Crippen molar-refractivity contribution >= 4 is 24.0 Å². The summed E-state index contributed by atoms with van der Waals surface area (Å²) in [6, 6.07) is 13.3. The molecule has 0 aliphatic heterocycles. The molecule has 2 saturated carbocycles. The normalized spacial score (nSPS) is 18.7. The Labute approximate surface area is 240 Å². The lowest BCUT2D eigenvalue weighted by Gasteiger charge is -2.47. The molecule has 216 valence electrons. The molecule has 39 heavy (non-hydrogen) atoms. The summed E-state index contributed by atoms with van der Waals surface area (Å²) in [5.41, 5.74) is 6.50. The monoisotopic (exact) mass is 570 g/mol. The minimum absolute atomic E-state index is 0.0215. The number of benzene rings is 2. The van der Waals surface area contributed by atoms with Crippen LogP contribution >= 0.6 is 8.58 Å². The van der Waals surface area contributed by atoms with Gasteiger partial charge in [0.05, 0.1) is 0 Å². The van der Waals surface area contributed by atoms with E-state index in [2.05, 4.69) is 77.9 Å². The fraction of sp³-hybridized carbons (Fsp3) is 0.647. The highest BCUT2D eigenvalue weighted by molar-refractivity contribution is 7.94. The fourth-order valence-electron chi connectivity index (χ4n) is 7.37. The van der Waals surface area contributed by atoms with Gasteiger partial charge in [-0.2, -0.15) is 8.42 Å². The highest BCUT2D eigenvalue weighted by atomic mass is 32.2. The second-order valence-corrected chi connectivity index (χ2v) is 16.8. The van der Waals surface area contributed by atoms with Gasteiger partial charge in [0.1, 0.15) is 4.49 Å². The summed E-state index contributed by atoms with van der Waals surface area (Å²) >= 11 is 0. The lowest BCUT2D eigenvalue weighted by Crippen LogP contribution is -2.50. The van der Waals surface area contributed by atoms with Crippen molar-refractivity contribution in [3.05, 3.63) is 53.1 Å². The summed E-state index contributed by atoms with van der Waals surface area (Å²) in [4.78, 5) is 0. The van der Waals surface area contributed by atoms with Crippen LogP contribution in [0.25, 0.3) is 11.1 Å². The molecule has 0 bridgehead atoms. The summed E-state index contributed by atoms with van der Waals surface area (Å²) in [6.45, 7) is 13.6. The molecular formula is C34H51O3PS. The molecule has 0 saturated heterocycles. The molecule has 0 spiro atoms. The third kappa shape index (κ3) is 6.34. The molecule has 0 aromatic heterocycles. The van der Waals surface area contributed by atoms with E-state index in [-0.39, 0.29) is 20.4 Å². The largest absolute Gasteiger partial charge is 0.285 e. The van der Waals surface area contributed by atoms with Gasteiger partial charge < -0.3 is 0 Å². The first-order valence-corrected chi connectivity index (χ1v) is 17.9. The maximum atomic E-state index is 13.7. The number of hydrogen-bond acceptors (Lipinski definition) is 2. The first-order chi connectivity index (χ1) is 18.5. The molecule has 2 aliphatic rings. The van der Waals surface area contributed by atoms with Crippen LogP contribution < -0.4 is 5.30 Å². The van der Waals surface area contributed by atoms with Crippen LogP contribution in [0.5, 0.6) is 0 Å². The van der Waals surface area contributed by atoms with Gasteiger partial charge in [-0.1, -0.05) is 125 Å². The zero-order chi connectivity index (χ0) is 28.4. The Morgan fingerprint density at radius 3 is 1.62 bits per heavy atom. The van der Waals surface area contributed by atoms with Gasteiger partial charge in [-0.25, -0.2) is 0 Å². The molecule has 0 amide bonds. The van der Waals surface area contributed by atoms with Crippen LogP contribution in [0.4, 0.5) is 0 Å². The Morgan fingerprint density at radius 2 is 1.21 bits per heavy atom. The molecule has 0 radical (unpaired) electrons. The molecule has 2 aromatic rings. The summed E-state index contributed by atoms with van der Waals surface area (Å²) in [7, 11) is -4.24. The lowest BCUT2D eigenvalue weighted by molar-refractivity contribution is 0.215. The van der Waals surface area contributed by atoms with Gasteiger partial charge in [0.25, 0.3) is 10.1 Å². The van der Waals surface area contributed by atoms with Crippen LogP contribution in [0.1, 0.15) is 140 Å². The van der Waals surface area contributed by atoms with Crippen LogP contribution in [0.2, 0.25) is 0 Å². The van der Waals surface area contributed by atoms with E-state index in [1.165, 1.54) is 35.1 Å². The molecule has 4 rings (SSSR count). The van der Waals surface area contributed by atoms with Gasteiger partial charge in [0, 0.05) is 0 Å². The van der Waals surface area contributed by atoms with Crippen LogP contribution in [-0.4, -0.2) is 17.5 Å². The summed E-state index contributed by atoms with van der Waals surface area (Å²) in [6.07, 6.45) is 10.2. The van der Waals surface area contributed by atoms with Crippen molar-refractivity contribution < 1.29 is 13.0 Å². The number of rotatable bonds is 9. The quantitative estimate of drug-likeness (QED) is 0.241. The third-order valence-electron chi connectivity index (χ3n) is 9.51. The van der Waals surface area contributed by atoms with E-state index in [1.54, 1.807) is 0 Å². The van der Waals surface area contributed by atoms with Crippen LogP contribution in [-0.2, 0) is 10.1 Å². The van der Waals surface area contributed by atoms with Crippen molar-refractivity contribution in [3.8, 4) is 11.1 Å². The predicted octanol–water partition coefficient (Wildman–Crippen LogP) is 9.77. The van der Waals surface area contributed by atoms with Crippen molar-refractivity contribution in [2.45, 2.75) is 128 Å². The van der Waals surface area contributed by atoms with Crippen LogP contribution in [0.3, 0.4) is 0 Å². The standard InChI is InChI=1S/C34H51O3PS/c1-23(2)26-21-30(24(3)4)33(31(22-26)25(5)6)29-19-13-14-20-32(29)38-34(39(35,36)37,27-15-9-7-10-16-27)28-17-11-8-12-18-28/h13-14,19-25,27-28,38H,7-12,15-18H2,1-6H3,(H,35,36,37). The van der Waals surface area contributed by atoms with Crippen molar-refractivity contribution in [2.75, 3.05) is 0 Å². The van der Waals surface area contributed by atoms with Crippen molar-refractivity contribution in [3.63, 3.8) is 0 Å². The Hall–Kier alpha value is -1.22. The van der Waals surface area contributed by atoms with E-state index in [4.69, 9.17) is 0 Å². The topological polar surface area (TPSA) is 54.4 Å². The fourth-order valence-corrected chi connectivity index (χ4v) is 11.5. The van der Waals surface area contributed by atoms with E-state index in [9.17, 15) is 13.0 Å². The summed E-state index contributed by atoms with van der Waals surface area (Å²) < 4.78 is 37.6. The average Bonchev–Trinajstić information content (AvgIpc) is 2.91. The highest BCUT2D eigenvalue weighted by Gasteiger charge is 2.55. The minimum atomic E-state index is -4.28. The Morgan fingerprint density at radius 1 is 0.744 bits per heavy atom. The van der Waals surface area contributed by atoms with Crippen LogP contribution in [0.15, 0.2) is 36.4 Å². The SMILES string of the molecule is CC(C)c1cc(C(C)C)c(-c2ccccc2PC(C2CCCCC2)(C2CCCCC2)S(=O)(=O)O)c(C(C)C)c1. The average molecular weight is 571 g/mol. The molecule has 5 heteroatoms. The second-order valence-electron chi connectivity index (χ2n) is 13.1. The van der Waals surface area contributed by atoms with Crippen molar-refractivity contribution in [1.82, 2.24) is 0 Å². The zero-order valence-corrected chi connectivity index (χ0v) is 26.9. The van der Waals surface area contributed by atoms with E-state index in [0.717, 1.165) is 62.2 Å². The zero-order valence-electron chi connectivity index (χ0n) is 25.1. The Bertz CT molecular complexity index is 1170. The maximum Gasteiger partial charge on any atom is 0.275 e. The molecule has 2 aromatic carbocycles. The molecule has 2 aliphatic carbocycles. The van der Waals surface area contributed by atoms with Gasteiger partial charge in [-0.3, -0.25) is 4.55 Å². The maximum absolute atomic E-state index is 13.7. The van der Waals surface area contributed by atoms with Crippen LogP contribution in [0, 0.1) is 11.8 Å². The molecule has 1 N–H and O–H groups in total. The van der Waals surface area contributed by atoms with Gasteiger partial charge >= 0.3 is 0 Å². The molecule has 1 unspecified atom stereocenters. The third-order valence-corrected chi connectivity index (χ3v) is 14.0. The van der Waals surface area contributed by atoms with E-state index >= 15 is 0 Å². The highest BCUT2D eigenvalue weighted by Crippen LogP contribution is 2.57.